The van der Waals surface area contributed by atoms with Crippen molar-refractivity contribution in [2.24, 2.45) is 5.73 Å². The Balaban J connectivity index is 2.54. The van der Waals surface area contributed by atoms with E-state index in [0.29, 0.717) is 0 Å². The minimum atomic E-state index is -4.08. The fraction of sp³-hybridized carbons (Fsp3) is 0.364. The number of nitrogens with zero attached hydrogens (tertiary/aromatic N) is 1. The van der Waals surface area contributed by atoms with Gasteiger partial charge in [-0.2, -0.15) is 4.31 Å². The van der Waals surface area contributed by atoms with E-state index in [1.807, 2.05) is 0 Å². The lowest BCUT2D eigenvalue weighted by Crippen LogP contribution is -2.43. The number of hydrogen-bond donors (Lipinski definition) is 3. The fourth-order valence-corrected chi connectivity index (χ4v) is 5.11. The van der Waals surface area contributed by atoms with Gasteiger partial charge in [-0.05, 0) is 28.1 Å². The Morgan fingerprint density at radius 1 is 1.48 bits per heavy atom. The maximum Gasteiger partial charge on any atom is 0.245 e. The third-order valence-electron chi connectivity index (χ3n) is 3.18. The number of amides is 1. The third-order valence-corrected chi connectivity index (χ3v) is 6.45. The zero-order chi connectivity index (χ0) is 15.9. The number of primary amides is 1. The lowest BCUT2D eigenvalue weighted by Gasteiger charge is -2.22. The predicted molar refractivity (Wildman–Crippen MR) is 81.1 cm³/mol. The van der Waals surface area contributed by atoms with Crippen molar-refractivity contribution in [2.45, 2.75) is 23.5 Å². The first-order valence-corrected chi connectivity index (χ1v) is 8.49. The maximum absolute atomic E-state index is 12.7. The molecule has 21 heavy (non-hydrogen) atoms. The highest BCUT2D eigenvalue weighted by molar-refractivity contribution is 9.10. The van der Waals surface area contributed by atoms with Crippen molar-refractivity contribution in [3.63, 3.8) is 0 Å². The molecule has 0 aliphatic carbocycles. The Kier molecular flexibility index (Phi) is 4.50. The van der Waals surface area contributed by atoms with Gasteiger partial charge in [0.15, 0.2) is 0 Å². The van der Waals surface area contributed by atoms with E-state index in [1.54, 1.807) is 0 Å². The van der Waals surface area contributed by atoms with Crippen molar-refractivity contribution < 1.29 is 18.3 Å². The van der Waals surface area contributed by atoms with Crippen LogP contribution in [0.2, 0.25) is 5.02 Å². The first-order chi connectivity index (χ1) is 9.64. The maximum atomic E-state index is 12.7. The molecule has 116 valence electrons. The highest BCUT2D eigenvalue weighted by Crippen LogP contribution is 2.35. The number of β-amino-alcohol motifs (C(OH)–C–C–N with tert-alkyl or cyclic N) is 1. The standard InChI is InChI=1S/C11H13BrClN3O4S/c12-10-7(14)1-5(13)2-9(10)21(19,20)16-4-6(17)3-8(16)11(15)18/h1-2,6,8,17H,3-4,14H2,(H2,15,18). The summed E-state index contributed by atoms with van der Waals surface area (Å²) in [4.78, 5) is 11.2. The van der Waals surface area contributed by atoms with Crippen molar-refractivity contribution in [3.05, 3.63) is 21.6 Å². The van der Waals surface area contributed by atoms with Crippen molar-refractivity contribution in [3.8, 4) is 0 Å². The quantitative estimate of drug-likeness (QED) is 0.631. The molecule has 1 fully saturated rings. The number of aliphatic hydroxyl groups excluding tert-OH is 1. The Labute approximate surface area is 135 Å². The molecule has 1 aromatic carbocycles. The fourth-order valence-electron chi connectivity index (χ4n) is 2.21. The van der Waals surface area contributed by atoms with E-state index >= 15 is 0 Å². The number of rotatable bonds is 3. The van der Waals surface area contributed by atoms with Gasteiger partial charge in [0.2, 0.25) is 15.9 Å². The van der Waals surface area contributed by atoms with Gasteiger partial charge in [-0.1, -0.05) is 11.6 Å². The third kappa shape index (κ3) is 3.02. The summed E-state index contributed by atoms with van der Waals surface area (Å²) >= 11 is 8.94. The van der Waals surface area contributed by atoms with Gasteiger partial charge in [-0.25, -0.2) is 8.42 Å². The minimum absolute atomic E-state index is 0.0395. The topological polar surface area (TPSA) is 127 Å². The molecular formula is C11H13BrClN3O4S. The zero-order valence-corrected chi connectivity index (χ0v) is 13.8. The molecule has 2 unspecified atom stereocenters. The molecule has 10 heteroatoms. The van der Waals surface area contributed by atoms with Gasteiger partial charge in [0.05, 0.1) is 15.5 Å². The van der Waals surface area contributed by atoms with Crippen molar-refractivity contribution in [1.82, 2.24) is 4.31 Å². The number of sulfonamides is 1. The molecule has 1 heterocycles. The van der Waals surface area contributed by atoms with E-state index in [9.17, 15) is 18.3 Å². The number of carbonyl (C=O) groups is 1. The molecular weight excluding hydrogens is 386 g/mol. The van der Waals surface area contributed by atoms with Crippen LogP contribution < -0.4 is 11.5 Å². The summed E-state index contributed by atoms with van der Waals surface area (Å²) in [5, 5.41) is 9.77. The van der Waals surface area contributed by atoms with Gasteiger partial charge in [0.1, 0.15) is 6.04 Å². The Morgan fingerprint density at radius 3 is 2.67 bits per heavy atom. The van der Waals surface area contributed by atoms with Crippen molar-refractivity contribution in [1.29, 1.82) is 0 Å². The molecule has 5 N–H and O–H groups in total. The first kappa shape index (κ1) is 16.5. The average Bonchev–Trinajstić information content (AvgIpc) is 2.76. The van der Waals surface area contributed by atoms with E-state index in [-0.39, 0.29) is 33.0 Å². The second kappa shape index (κ2) is 5.73. The molecule has 1 aliphatic heterocycles. The van der Waals surface area contributed by atoms with Crippen LogP contribution in [0.1, 0.15) is 6.42 Å². The van der Waals surface area contributed by atoms with E-state index in [1.165, 1.54) is 12.1 Å². The summed E-state index contributed by atoms with van der Waals surface area (Å²) in [5.41, 5.74) is 11.0. The summed E-state index contributed by atoms with van der Waals surface area (Å²) in [6.07, 6.45) is -0.991. The number of carbonyl (C=O) groups excluding carboxylic acids is 1. The van der Waals surface area contributed by atoms with Crippen LogP contribution in [0, 0.1) is 0 Å². The second-order valence-corrected chi connectivity index (χ2v) is 7.78. The SMILES string of the molecule is NC(=O)C1CC(O)CN1S(=O)(=O)c1cc(Cl)cc(N)c1Br. The molecule has 2 rings (SSSR count). The number of halogens is 2. The first-order valence-electron chi connectivity index (χ1n) is 5.88. The highest BCUT2D eigenvalue weighted by Gasteiger charge is 2.43. The van der Waals surface area contributed by atoms with Crippen molar-refractivity contribution in [2.75, 3.05) is 12.3 Å². The summed E-state index contributed by atoms with van der Waals surface area (Å²) in [5.74, 6) is -0.818. The zero-order valence-electron chi connectivity index (χ0n) is 10.7. The van der Waals surface area contributed by atoms with E-state index in [4.69, 9.17) is 23.1 Å². The molecule has 0 saturated carbocycles. The number of hydrogen-bond acceptors (Lipinski definition) is 5. The van der Waals surface area contributed by atoms with Crippen LogP contribution in [0.5, 0.6) is 0 Å². The van der Waals surface area contributed by atoms with Crippen LogP contribution in [0.15, 0.2) is 21.5 Å². The smallest absolute Gasteiger partial charge is 0.245 e. The van der Waals surface area contributed by atoms with Gasteiger partial charge < -0.3 is 16.6 Å². The van der Waals surface area contributed by atoms with E-state index < -0.39 is 28.1 Å². The van der Waals surface area contributed by atoms with Crippen LogP contribution in [0.3, 0.4) is 0 Å². The van der Waals surface area contributed by atoms with Crippen LogP contribution in [0.25, 0.3) is 0 Å². The highest BCUT2D eigenvalue weighted by atomic mass is 79.9. The molecule has 0 radical (unpaired) electrons. The Hall–Kier alpha value is -0.870. The molecule has 1 aromatic rings. The van der Waals surface area contributed by atoms with Gasteiger partial charge in [-0.15, -0.1) is 0 Å². The van der Waals surface area contributed by atoms with Gasteiger partial charge >= 0.3 is 0 Å². The van der Waals surface area contributed by atoms with Crippen LogP contribution in [0.4, 0.5) is 5.69 Å². The molecule has 1 saturated heterocycles. The van der Waals surface area contributed by atoms with Crippen LogP contribution >= 0.6 is 27.5 Å². The summed E-state index contributed by atoms with van der Waals surface area (Å²) < 4.78 is 26.4. The monoisotopic (exact) mass is 397 g/mol. The Bertz CT molecular complexity index is 697. The average molecular weight is 399 g/mol. The summed E-state index contributed by atoms with van der Waals surface area (Å²) in [6.45, 7) is -0.213. The van der Waals surface area contributed by atoms with E-state index in [0.717, 1.165) is 4.31 Å². The van der Waals surface area contributed by atoms with E-state index in [2.05, 4.69) is 15.9 Å². The summed E-state index contributed by atoms with van der Waals surface area (Å²) in [6, 6.07) is 1.52. The molecule has 1 amide bonds. The normalized spacial score (nSPS) is 23.4. The number of nitrogens with two attached hydrogens (primary N) is 2. The van der Waals surface area contributed by atoms with Gasteiger partial charge in [-0.3, -0.25) is 4.79 Å². The summed E-state index contributed by atoms with van der Waals surface area (Å²) in [7, 11) is -4.08. The molecule has 0 aromatic heterocycles. The molecule has 2 atom stereocenters. The molecule has 7 nitrogen and oxygen atoms in total. The van der Waals surface area contributed by atoms with Gasteiger partial charge in [0.25, 0.3) is 0 Å². The number of aliphatic hydroxyl groups is 1. The van der Waals surface area contributed by atoms with Crippen molar-refractivity contribution >= 4 is 49.1 Å². The number of nitrogen functional groups attached to an aromatic ring is 1. The minimum Gasteiger partial charge on any atom is -0.398 e. The van der Waals surface area contributed by atoms with Gasteiger partial charge in [0, 0.05) is 23.7 Å². The molecule has 0 bridgehead atoms. The number of benzene rings is 1. The molecule has 0 spiro atoms. The van der Waals surface area contributed by atoms with Crippen LogP contribution in [-0.4, -0.2) is 42.4 Å². The Morgan fingerprint density at radius 2 is 2.10 bits per heavy atom. The van der Waals surface area contributed by atoms with Crippen LogP contribution in [-0.2, 0) is 14.8 Å². The number of anilines is 1. The lowest BCUT2D eigenvalue weighted by molar-refractivity contribution is -0.121. The lowest BCUT2D eigenvalue weighted by atomic mass is 10.2. The predicted octanol–water partition coefficient (Wildman–Crippen LogP) is 0.294. The largest absolute Gasteiger partial charge is 0.398 e. The second-order valence-electron chi connectivity index (χ2n) is 4.69. The molecule has 1 aliphatic rings.